The number of nitrogens with zero attached hydrogens (tertiary/aromatic N) is 3. The molecular formula is C17H27N3O3S2. The first-order chi connectivity index (χ1) is 11.8. The molecular weight excluding hydrogens is 358 g/mol. The van der Waals surface area contributed by atoms with E-state index in [0.717, 1.165) is 56.3 Å². The second kappa shape index (κ2) is 7.72. The van der Waals surface area contributed by atoms with Gasteiger partial charge in [-0.1, -0.05) is 0 Å². The van der Waals surface area contributed by atoms with Crippen LogP contribution in [0.15, 0.2) is 5.38 Å². The lowest BCUT2D eigenvalue weighted by atomic mass is 9.92. The molecule has 3 rings (SSSR count). The monoisotopic (exact) mass is 385 g/mol. The van der Waals surface area contributed by atoms with Crippen molar-refractivity contribution in [1.29, 1.82) is 0 Å². The Morgan fingerprint density at radius 1 is 1.28 bits per heavy atom. The Kier molecular flexibility index (Phi) is 5.80. The van der Waals surface area contributed by atoms with Gasteiger partial charge in [-0.05, 0) is 44.7 Å². The highest BCUT2D eigenvalue weighted by Gasteiger charge is 2.36. The molecule has 2 atom stereocenters. The summed E-state index contributed by atoms with van der Waals surface area (Å²) in [4.78, 5) is 21.2. The number of aromatic nitrogens is 1. The van der Waals surface area contributed by atoms with E-state index in [2.05, 4.69) is 15.3 Å². The van der Waals surface area contributed by atoms with Crippen LogP contribution in [0.1, 0.15) is 30.0 Å². The predicted octanol–water partition coefficient (Wildman–Crippen LogP) is 1.56. The van der Waals surface area contributed by atoms with Gasteiger partial charge in [0.15, 0.2) is 0 Å². The Hall–Kier alpha value is -0.990. The largest absolute Gasteiger partial charge is 0.342 e. The van der Waals surface area contributed by atoms with Gasteiger partial charge in [0.1, 0.15) is 9.84 Å². The summed E-state index contributed by atoms with van der Waals surface area (Å²) in [6.07, 6.45) is 3.51. The molecule has 0 bridgehead atoms. The summed E-state index contributed by atoms with van der Waals surface area (Å²) in [7, 11) is -3.07. The fraction of sp³-hybridized carbons (Fsp3) is 0.765. The van der Waals surface area contributed by atoms with E-state index >= 15 is 0 Å². The van der Waals surface area contributed by atoms with Gasteiger partial charge in [-0.15, -0.1) is 11.3 Å². The number of aryl methyl sites for hydroxylation is 1. The van der Waals surface area contributed by atoms with Crippen LogP contribution in [0, 0.1) is 18.8 Å². The standard InChI is InChI=1S/C17H27N3O3S2/c1-13-18-16(12-24-13)11-19-6-3-14-9-20(10-15(14)4-7-19)17(21)5-8-25(2,22)23/h12,14-15H,3-11H2,1-2H3/t14-,15+. The summed E-state index contributed by atoms with van der Waals surface area (Å²) in [5.41, 5.74) is 1.16. The van der Waals surface area contributed by atoms with Gasteiger partial charge < -0.3 is 4.90 Å². The van der Waals surface area contributed by atoms with Crippen LogP contribution in [0.25, 0.3) is 0 Å². The molecule has 0 saturated carbocycles. The maximum absolute atomic E-state index is 12.3. The lowest BCUT2D eigenvalue weighted by molar-refractivity contribution is -0.130. The minimum atomic E-state index is -3.07. The fourth-order valence-electron chi connectivity index (χ4n) is 3.90. The van der Waals surface area contributed by atoms with Crippen molar-refractivity contribution in [3.63, 3.8) is 0 Å². The topological polar surface area (TPSA) is 70.6 Å². The van der Waals surface area contributed by atoms with E-state index in [9.17, 15) is 13.2 Å². The normalized spacial score (nSPS) is 25.0. The second-order valence-electron chi connectivity index (χ2n) is 7.41. The minimum Gasteiger partial charge on any atom is -0.342 e. The van der Waals surface area contributed by atoms with Crippen LogP contribution in [-0.4, -0.2) is 67.3 Å². The number of carbonyl (C=O) groups excluding carboxylic acids is 1. The Morgan fingerprint density at radius 2 is 1.92 bits per heavy atom. The highest BCUT2D eigenvalue weighted by molar-refractivity contribution is 7.90. The van der Waals surface area contributed by atoms with Crippen molar-refractivity contribution in [2.24, 2.45) is 11.8 Å². The number of carbonyl (C=O) groups is 1. The average Bonchev–Trinajstić information content (AvgIpc) is 3.08. The summed E-state index contributed by atoms with van der Waals surface area (Å²) in [5, 5.41) is 3.26. The van der Waals surface area contributed by atoms with Crippen LogP contribution >= 0.6 is 11.3 Å². The smallest absolute Gasteiger partial charge is 0.223 e. The molecule has 2 fully saturated rings. The highest BCUT2D eigenvalue weighted by atomic mass is 32.2. The number of fused-ring (bicyclic) bond motifs is 1. The van der Waals surface area contributed by atoms with E-state index in [1.807, 2.05) is 11.8 Å². The molecule has 1 aromatic heterocycles. The minimum absolute atomic E-state index is 0.00620. The third-order valence-electron chi connectivity index (χ3n) is 5.30. The zero-order valence-corrected chi connectivity index (χ0v) is 16.6. The number of amides is 1. The van der Waals surface area contributed by atoms with Gasteiger partial charge >= 0.3 is 0 Å². The zero-order chi connectivity index (χ0) is 18.0. The summed E-state index contributed by atoms with van der Waals surface area (Å²) in [6.45, 7) is 6.62. The lowest BCUT2D eigenvalue weighted by Crippen LogP contribution is -2.32. The molecule has 3 heterocycles. The first-order valence-electron chi connectivity index (χ1n) is 8.89. The van der Waals surface area contributed by atoms with Gasteiger partial charge in [-0.25, -0.2) is 13.4 Å². The third-order valence-corrected chi connectivity index (χ3v) is 7.07. The molecule has 0 aromatic carbocycles. The Balaban J connectivity index is 1.49. The van der Waals surface area contributed by atoms with Crippen LogP contribution in [0.4, 0.5) is 0 Å². The van der Waals surface area contributed by atoms with Crippen molar-refractivity contribution in [1.82, 2.24) is 14.8 Å². The van der Waals surface area contributed by atoms with Crippen LogP contribution < -0.4 is 0 Å². The molecule has 0 spiro atoms. The highest BCUT2D eigenvalue weighted by Crippen LogP contribution is 2.32. The molecule has 0 unspecified atom stereocenters. The first kappa shape index (κ1) is 18.8. The number of hydrogen-bond acceptors (Lipinski definition) is 6. The maximum Gasteiger partial charge on any atom is 0.223 e. The van der Waals surface area contributed by atoms with Crippen LogP contribution in [0.5, 0.6) is 0 Å². The molecule has 2 aliphatic heterocycles. The van der Waals surface area contributed by atoms with Crippen molar-refractivity contribution < 1.29 is 13.2 Å². The van der Waals surface area contributed by atoms with E-state index in [0.29, 0.717) is 11.8 Å². The summed E-state index contributed by atoms with van der Waals surface area (Å²) in [6, 6.07) is 0. The van der Waals surface area contributed by atoms with E-state index in [4.69, 9.17) is 0 Å². The van der Waals surface area contributed by atoms with E-state index in [1.54, 1.807) is 11.3 Å². The van der Waals surface area contributed by atoms with E-state index < -0.39 is 9.84 Å². The SMILES string of the molecule is Cc1nc(CN2CC[C@@H]3CN(C(=O)CCS(C)(=O)=O)C[C@@H]3CC2)cs1. The second-order valence-corrected chi connectivity index (χ2v) is 10.7. The lowest BCUT2D eigenvalue weighted by Gasteiger charge is -2.21. The Morgan fingerprint density at radius 3 is 2.44 bits per heavy atom. The van der Waals surface area contributed by atoms with Crippen molar-refractivity contribution in [2.75, 3.05) is 38.2 Å². The van der Waals surface area contributed by atoms with Gasteiger partial charge in [0.25, 0.3) is 0 Å². The molecule has 0 aliphatic carbocycles. The average molecular weight is 386 g/mol. The first-order valence-corrected chi connectivity index (χ1v) is 11.8. The summed E-state index contributed by atoms with van der Waals surface area (Å²) in [5.74, 6) is 1.04. The van der Waals surface area contributed by atoms with Crippen LogP contribution in [0.2, 0.25) is 0 Å². The van der Waals surface area contributed by atoms with Crippen LogP contribution in [-0.2, 0) is 21.2 Å². The molecule has 140 valence electrons. The number of sulfone groups is 1. The molecule has 2 aliphatic rings. The molecule has 0 N–H and O–H groups in total. The molecule has 1 aromatic rings. The maximum atomic E-state index is 12.3. The quantitative estimate of drug-likeness (QED) is 0.769. The van der Waals surface area contributed by atoms with Gasteiger partial charge in [-0.3, -0.25) is 9.69 Å². The molecule has 0 radical (unpaired) electrons. The molecule has 8 heteroatoms. The number of likely N-dealkylation sites (tertiary alicyclic amines) is 2. The fourth-order valence-corrected chi connectivity index (χ4v) is 5.05. The zero-order valence-electron chi connectivity index (χ0n) is 15.0. The predicted molar refractivity (Wildman–Crippen MR) is 99.2 cm³/mol. The number of hydrogen-bond donors (Lipinski definition) is 0. The van der Waals surface area contributed by atoms with E-state index in [1.165, 1.54) is 6.26 Å². The van der Waals surface area contributed by atoms with Gasteiger partial charge in [0, 0.05) is 37.7 Å². The molecule has 1 amide bonds. The van der Waals surface area contributed by atoms with Gasteiger partial charge in [0.2, 0.25) is 5.91 Å². The molecule has 2 saturated heterocycles. The van der Waals surface area contributed by atoms with Crippen molar-refractivity contribution >= 4 is 27.1 Å². The summed E-state index contributed by atoms with van der Waals surface area (Å²) >= 11 is 1.70. The van der Waals surface area contributed by atoms with Crippen molar-refractivity contribution in [3.8, 4) is 0 Å². The number of rotatable bonds is 5. The van der Waals surface area contributed by atoms with E-state index in [-0.39, 0.29) is 18.1 Å². The Bertz CT molecular complexity index is 700. The number of thiazole rings is 1. The van der Waals surface area contributed by atoms with Gasteiger partial charge in [-0.2, -0.15) is 0 Å². The molecule has 6 nitrogen and oxygen atoms in total. The third kappa shape index (κ3) is 5.24. The van der Waals surface area contributed by atoms with Crippen LogP contribution in [0.3, 0.4) is 0 Å². The van der Waals surface area contributed by atoms with Crippen molar-refractivity contribution in [2.45, 2.75) is 32.7 Å². The van der Waals surface area contributed by atoms with Gasteiger partial charge in [0.05, 0.1) is 16.5 Å². The Labute approximate surface area is 154 Å². The molecule has 25 heavy (non-hydrogen) atoms. The van der Waals surface area contributed by atoms with Crippen molar-refractivity contribution in [3.05, 3.63) is 16.1 Å². The summed E-state index contributed by atoms with van der Waals surface area (Å²) < 4.78 is 22.5.